The number of carbonyl (C=O) groups excluding carboxylic acids is 1. The van der Waals surface area contributed by atoms with Crippen LogP contribution in [0.3, 0.4) is 0 Å². The minimum absolute atomic E-state index is 0.00477. The van der Waals surface area contributed by atoms with Gasteiger partial charge in [0, 0.05) is 44.2 Å². The number of piperazine rings is 1. The zero-order valence-electron chi connectivity index (χ0n) is 18.9. The van der Waals surface area contributed by atoms with Gasteiger partial charge in [-0.1, -0.05) is 29.8 Å². The number of anilines is 2. The van der Waals surface area contributed by atoms with E-state index in [4.69, 9.17) is 11.6 Å². The van der Waals surface area contributed by atoms with Crippen LogP contribution in [0.15, 0.2) is 36.4 Å². The third-order valence-corrected chi connectivity index (χ3v) is 8.53. The predicted molar refractivity (Wildman–Crippen MR) is 130 cm³/mol. The first-order valence-electron chi connectivity index (χ1n) is 11.2. The minimum Gasteiger partial charge on any atom is -0.366 e. The van der Waals surface area contributed by atoms with E-state index < -0.39 is 15.8 Å². The quantitative estimate of drug-likeness (QED) is 0.600. The van der Waals surface area contributed by atoms with Crippen molar-refractivity contribution in [3.63, 3.8) is 0 Å². The lowest BCUT2D eigenvalue weighted by Gasteiger charge is -2.42. The summed E-state index contributed by atoms with van der Waals surface area (Å²) in [5.74, 6) is -0.761. The second-order valence-corrected chi connectivity index (χ2v) is 11.1. The molecule has 178 valence electrons. The van der Waals surface area contributed by atoms with E-state index in [0.717, 1.165) is 6.42 Å². The van der Waals surface area contributed by atoms with Gasteiger partial charge in [0.25, 0.3) is 0 Å². The highest BCUT2D eigenvalue weighted by molar-refractivity contribution is 7.92. The predicted octanol–water partition coefficient (Wildman–Crippen LogP) is 4.34. The molecule has 2 aromatic carbocycles. The molecule has 2 fully saturated rings. The molecule has 0 bridgehead atoms. The maximum Gasteiger partial charge on any atom is 0.239 e. The van der Waals surface area contributed by atoms with E-state index in [1.807, 2.05) is 4.90 Å². The van der Waals surface area contributed by atoms with Gasteiger partial charge in [-0.15, -0.1) is 0 Å². The van der Waals surface area contributed by atoms with Crippen molar-refractivity contribution in [1.82, 2.24) is 4.90 Å². The van der Waals surface area contributed by atoms with Crippen molar-refractivity contribution in [1.29, 1.82) is 0 Å². The van der Waals surface area contributed by atoms with E-state index in [2.05, 4.69) is 0 Å². The molecular weight excluding hydrogens is 465 g/mol. The number of sulfonamides is 1. The van der Waals surface area contributed by atoms with Gasteiger partial charge < -0.3 is 9.80 Å². The monoisotopic (exact) mass is 493 g/mol. The SMILES string of the molecule is CC(=O)N1CCN(c2ccc(C)c(F)c2N(C2CCC2)S(=O)(=O)Cc2cccc(Cl)c2)CC1. The Balaban J connectivity index is 1.75. The maximum atomic E-state index is 15.7. The molecule has 0 spiro atoms. The Labute approximate surface area is 200 Å². The zero-order chi connectivity index (χ0) is 23.8. The molecule has 0 unspecified atom stereocenters. The fourth-order valence-electron chi connectivity index (χ4n) is 4.46. The van der Waals surface area contributed by atoms with Crippen LogP contribution >= 0.6 is 11.6 Å². The van der Waals surface area contributed by atoms with Gasteiger partial charge >= 0.3 is 0 Å². The zero-order valence-corrected chi connectivity index (χ0v) is 20.5. The van der Waals surface area contributed by atoms with Crippen LogP contribution < -0.4 is 9.21 Å². The minimum atomic E-state index is -3.89. The molecule has 1 aliphatic carbocycles. The molecular formula is C24H29ClFN3O3S. The third kappa shape index (κ3) is 4.96. The number of carbonyl (C=O) groups is 1. The van der Waals surface area contributed by atoms with Gasteiger partial charge in [0.05, 0.1) is 11.4 Å². The van der Waals surface area contributed by atoms with Crippen LogP contribution in [-0.2, 0) is 20.6 Å². The molecule has 2 aromatic rings. The highest BCUT2D eigenvalue weighted by atomic mass is 35.5. The van der Waals surface area contributed by atoms with Crippen LogP contribution in [0.2, 0.25) is 5.02 Å². The molecule has 2 aliphatic rings. The van der Waals surface area contributed by atoms with Crippen molar-refractivity contribution >= 4 is 38.9 Å². The van der Waals surface area contributed by atoms with E-state index in [0.29, 0.717) is 60.9 Å². The normalized spacial score (nSPS) is 17.1. The van der Waals surface area contributed by atoms with Gasteiger partial charge in [-0.05, 0) is 55.5 Å². The summed E-state index contributed by atoms with van der Waals surface area (Å²) in [6, 6.07) is 9.98. The Morgan fingerprint density at radius 3 is 2.42 bits per heavy atom. The van der Waals surface area contributed by atoms with Gasteiger partial charge in [0.15, 0.2) is 5.82 Å². The second kappa shape index (κ2) is 9.50. The van der Waals surface area contributed by atoms with Crippen LogP contribution in [0.1, 0.15) is 37.3 Å². The van der Waals surface area contributed by atoms with Crippen molar-refractivity contribution < 1.29 is 17.6 Å². The van der Waals surface area contributed by atoms with Crippen molar-refractivity contribution in [3.8, 4) is 0 Å². The van der Waals surface area contributed by atoms with Gasteiger partial charge in [-0.3, -0.25) is 9.10 Å². The first kappa shape index (κ1) is 23.8. The summed E-state index contributed by atoms with van der Waals surface area (Å²) >= 11 is 6.08. The van der Waals surface area contributed by atoms with Crippen LogP contribution in [0.25, 0.3) is 0 Å². The summed E-state index contributed by atoms with van der Waals surface area (Å²) < 4.78 is 44.5. The van der Waals surface area contributed by atoms with Crippen molar-refractivity contribution in [2.45, 2.75) is 44.9 Å². The van der Waals surface area contributed by atoms with Crippen LogP contribution in [0.5, 0.6) is 0 Å². The van der Waals surface area contributed by atoms with E-state index in [9.17, 15) is 13.2 Å². The number of amides is 1. The molecule has 0 atom stereocenters. The average molecular weight is 494 g/mol. The Kier molecular flexibility index (Phi) is 6.86. The van der Waals surface area contributed by atoms with Crippen molar-refractivity contribution in [2.24, 2.45) is 0 Å². The lowest BCUT2D eigenvalue weighted by Crippen LogP contribution is -2.50. The fraction of sp³-hybridized carbons (Fsp3) is 0.458. The molecule has 1 amide bonds. The first-order valence-corrected chi connectivity index (χ1v) is 13.2. The molecule has 9 heteroatoms. The van der Waals surface area contributed by atoms with E-state index in [1.165, 1.54) is 11.2 Å². The molecule has 6 nitrogen and oxygen atoms in total. The van der Waals surface area contributed by atoms with Crippen LogP contribution in [0, 0.1) is 12.7 Å². The van der Waals surface area contributed by atoms with E-state index in [1.54, 1.807) is 48.2 Å². The number of nitrogens with zero attached hydrogens (tertiary/aromatic N) is 3. The molecule has 4 rings (SSSR count). The van der Waals surface area contributed by atoms with Crippen LogP contribution in [0.4, 0.5) is 15.8 Å². The number of rotatable bonds is 6. The molecule has 0 aromatic heterocycles. The van der Waals surface area contributed by atoms with Crippen LogP contribution in [-0.4, -0.2) is 51.4 Å². The number of benzene rings is 2. The Hall–Kier alpha value is -2.32. The molecule has 0 radical (unpaired) electrons. The smallest absolute Gasteiger partial charge is 0.239 e. The van der Waals surface area contributed by atoms with Crippen molar-refractivity contribution in [3.05, 3.63) is 58.4 Å². The molecule has 1 saturated carbocycles. The highest BCUT2D eigenvalue weighted by Crippen LogP contribution is 2.42. The second-order valence-electron chi connectivity index (χ2n) is 8.82. The Bertz CT molecular complexity index is 1150. The van der Waals surface area contributed by atoms with Crippen molar-refractivity contribution in [2.75, 3.05) is 35.4 Å². The lowest BCUT2D eigenvalue weighted by atomic mass is 9.92. The third-order valence-electron chi connectivity index (χ3n) is 6.52. The van der Waals surface area contributed by atoms with E-state index >= 15 is 4.39 Å². The lowest BCUT2D eigenvalue weighted by molar-refractivity contribution is -0.129. The summed E-state index contributed by atoms with van der Waals surface area (Å²) in [7, 11) is -3.89. The molecule has 1 heterocycles. The fourth-order valence-corrected chi connectivity index (χ4v) is 6.53. The summed E-state index contributed by atoms with van der Waals surface area (Å²) in [6.45, 7) is 5.25. The van der Waals surface area contributed by atoms with Gasteiger partial charge in [0.1, 0.15) is 5.69 Å². The molecule has 1 aliphatic heterocycles. The summed E-state index contributed by atoms with van der Waals surface area (Å²) in [5, 5.41) is 0.462. The van der Waals surface area contributed by atoms with Gasteiger partial charge in [-0.2, -0.15) is 0 Å². The number of halogens is 2. The molecule has 0 N–H and O–H groups in total. The van der Waals surface area contributed by atoms with Gasteiger partial charge in [-0.25, -0.2) is 12.8 Å². The summed E-state index contributed by atoms with van der Waals surface area (Å²) in [4.78, 5) is 15.5. The average Bonchev–Trinajstić information content (AvgIpc) is 2.72. The standard InChI is InChI=1S/C24H29ClFN3O3S/c1-17-9-10-22(28-13-11-27(12-14-28)18(2)30)24(23(17)26)29(21-7-4-8-21)33(31,32)16-19-5-3-6-20(25)15-19/h3,5-6,9-10,15,21H,4,7-8,11-14,16H2,1-2H3. The number of hydrogen-bond donors (Lipinski definition) is 0. The van der Waals surface area contributed by atoms with Gasteiger partial charge in [0.2, 0.25) is 15.9 Å². The van der Waals surface area contributed by atoms with E-state index in [-0.39, 0.29) is 23.4 Å². The first-order chi connectivity index (χ1) is 15.7. The largest absolute Gasteiger partial charge is 0.366 e. The highest BCUT2D eigenvalue weighted by Gasteiger charge is 2.38. The summed E-state index contributed by atoms with van der Waals surface area (Å²) in [6.07, 6.45) is 2.30. The summed E-state index contributed by atoms with van der Waals surface area (Å²) in [5.41, 5.74) is 1.65. The Morgan fingerprint density at radius 1 is 1.15 bits per heavy atom. The topological polar surface area (TPSA) is 60.9 Å². The number of hydrogen-bond acceptors (Lipinski definition) is 4. The number of aryl methyl sites for hydroxylation is 1. The Morgan fingerprint density at radius 2 is 1.85 bits per heavy atom. The molecule has 33 heavy (non-hydrogen) atoms. The maximum absolute atomic E-state index is 15.7. The molecule has 1 saturated heterocycles.